The number of urea groups is 1. The molecular weight excluding hydrogens is 596 g/mol. The molecule has 7 rings (SSSR count). The van der Waals surface area contributed by atoms with Crippen molar-refractivity contribution in [2.75, 3.05) is 48.0 Å². The Morgan fingerprint density at radius 1 is 1.06 bits per heavy atom. The molecule has 0 atom stereocenters. The van der Waals surface area contributed by atoms with E-state index in [1.807, 2.05) is 55.7 Å². The molecule has 2 aliphatic heterocycles. The van der Waals surface area contributed by atoms with Crippen molar-refractivity contribution < 1.29 is 14.3 Å². The molecule has 1 saturated carbocycles. The summed E-state index contributed by atoms with van der Waals surface area (Å²) in [6, 6.07) is 15.9. The number of nitrogens with zero attached hydrogens (tertiary/aromatic N) is 8. The van der Waals surface area contributed by atoms with Gasteiger partial charge in [-0.15, -0.1) is 0 Å². The lowest BCUT2D eigenvalue weighted by Gasteiger charge is -2.48. The number of carbonyl (C=O) groups is 1. The fourth-order valence-electron chi connectivity index (χ4n) is 6.54. The molecule has 47 heavy (non-hydrogen) atoms. The fraction of sp³-hybridized carbons (Fsp3) is 0.412. The van der Waals surface area contributed by atoms with Crippen LogP contribution in [-0.4, -0.2) is 81.4 Å². The summed E-state index contributed by atoms with van der Waals surface area (Å²) in [5.41, 5.74) is 3.06. The summed E-state index contributed by atoms with van der Waals surface area (Å²) >= 11 is 0. The number of ether oxygens (including phenoxy) is 2. The van der Waals surface area contributed by atoms with Crippen LogP contribution in [0, 0.1) is 11.3 Å². The van der Waals surface area contributed by atoms with E-state index in [4.69, 9.17) is 19.4 Å². The summed E-state index contributed by atoms with van der Waals surface area (Å²) < 4.78 is 13.1. The van der Waals surface area contributed by atoms with Gasteiger partial charge in [-0.05, 0) is 43.4 Å². The van der Waals surface area contributed by atoms with Crippen molar-refractivity contribution in [1.82, 2.24) is 30.0 Å². The van der Waals surface area contributed by atoms with Crippen molar-refractivity contribution in [3.63, 3.8) is 0 Å². The highest BCUT2D eigenvalue weighted by Crippen LogP contribution is 2.32. The molecule has 3 fully saturated rings. The van der Waals surface area contributed by atoms with Gasteiger partial charge in [0.25, 0.3) is 0 Å². The van der Waals surface area contributed by atoms with Crippen LogP contribution in [0.4, 0.5) is 22.4 Å². The van der Waals surface area contributed by atoms with Crippen LogP contribution < -0.4 is 20.4 Å². The fourth-order valence-corrected chi connectivity index (χ4v) is 6.54. The third-order valence-corrected chi connectivity index (χ3v) is 9.10. The molecule has 13 heteroatoms. The summed E-state index contributed by atoms with van der Waals surface area (Å²) in [5.74, 6) is 1.73. The molecule has 0 bridgehead atoms. The smallest absolute Gasteiger partial charge is 0.323 e. The maximum Gasteiger partial charge on any atom is 0.323 e. The van der Waals surface area contributed by atoms with E-state index < -0.39 is 0 Å². The molecule has 242 valence electrons. The number of amides is 2. The Morgan fingerprint density at radius 2 is 1.89 bits per heavy atom. The van der Waals surface area contributed by atoms with E-state index in [0.29, 0.717) is 62.6 Å². The number of hydrogen-bond acceptors (Lipinski definition) is 10. The summed E-state index contributed by atoms with van der Waals surface area (Å²) in [7, 11) is 1.88. The van der Waals surface area contributed by atoms with E-state index in [-0.39, 0.29) is 23.7 Å². The Morgan fingerprint density at radius 3 is 2.57 bits per heavy atom. The Hall–Kier alpha value is -5.06. The number of rotatable bonds is 8. The molecule has 0 radical (unpaired) electrons. The molecule has 0 unspecified atom stereocenters. The average molecular weight is 635 g/mol. The molecule has 4 aromatic rings. The van der Waals surface area contributed by atoms with Crippen LogP contribution in [0.5, 0.6) is 0 Å². The first-order valence-corrected chi connectivity index (χ1v) is 16.0. The molecule has 3 aromatic heterocycles. The number of pyridine rings is 1. The second-order valence-corrected chi connectivity index (χ2v) is 12.5. The SMILES string of the molecule is Cn1cc(-c2ccc(N(C(=O)NCc3ccccc3)[C@H]3CC[C@H](Nc4ncc(C#N)c(N5CCOC6(COC6)C5)n4)CC3)nc2)cn1. The third kappa shape index (κ3) is 6.74. The van der Waals surface area contributed by atoms with Crippen LogP contribution >= 0.6 is 0 Å². The van der Waals surface area contributed by atoms with Crippen LogP contribution in [0.1, 0.15) is 36.8 Å². The predicted molar refractivity (Wildman–Crippen MR) is 176 cm³/mol. The quantitative estimate of drug-likeness (QED) is 0.293. The molecule has 5 heterocycles. The molecule has 3 aliphatic rings. The standard InChI is InChI=1S/C34H38N10O3/c1-42-20-27(19-39-42)25-7-12-30(36-17-25)44(33(45)38-16-24-5-3-2-4-6-24)29-10-8-28(9-11-29)40-32-37-18-26(15-35)31(41-32)43-13-14-47-34(21-43)22-46-23-34/h2-7,12,17-20,28-29H,8-11,13-14,16,21-23H2,1H3,(H,38,45)(H,37,40,41)/t28-,29-. The first kappa shape index (κ1) is 30.6. The number of nitrogens with one attached hydrogen (secondary N) is 2. The maximum atomic E-state index is 13.7. The van der Waals surface area contributed by atoms with Crippen molar-refractivity contribution in [3.05, 3.63) is 78.4 Å². The van der Waals surface area contributed by atoms with Crippen molar-refractivity contribution >= 4 is 23.6 Å². The van der Waals surface area contributed by atoms with Gasteiger partial charge in [0.05, 0.1) is 38.8 Å². The molecular formula is C34H38N10O3. The average Bonchev–Trinajstić information content (AvgIpc) is 3.54. The van der Waals surface area contributed by atoms with Crippen LogP contribution in [0.15, 0.2) is 67.3 Å². The Kier molecular flexibility index (Phi) is 8.69. The van der Waals surface area contributed by atoms with Crippen LogP contribution in [0.2, 0.25) is 0 Å². The lowest BCUT2D eigenvalue weighted by molar-refractivity contribution is -0.211. The highest BCUT2D eigenvalue weighted by Gasteiger charge is 2.44. The van der Waals surface area contributed by atoms with Gasteiger partial charge in [-0.1, -0.05) is 30.3 Å². The number of benzene rings is 1. The molecule has 1 spiro atoms. The highest BCUT2D eigenvalue weighted by molar-refractivity contribution is 5.91. The zero-order valence-electron chi connectivity index (χ0n) is 26.4. The number of morpholine rings is 1. The largest absolute Gasteiger partial charge is 0.375 e. The molecule has 2 N–H and O–H groups in total. The zero-order chi connectivity index (χ0) is 32.2. The van der Waals surface area contributed by atoms with Gasteiger partial charge >= 0.3 is 6.03 Å². The zero-order valence-corrected chi connectivity index (χ0v) is 26.4. The van der Waals surface area contributed by atoms with E-state index in [9.17, 15) is 10.1 Å². The number of nitriles is 1. The van der Waals surface area contributed by atoms with Crippen LogP contribution in [-0.2, 0) is 23.1 Å². The minimum atomic E-state index is -0.324. The number of carbonyl (C=O) groups excluding carboxylic acids is 1. The highest BCUT2D eigenvalue weighted by atomic mass is 16.6. The van der Waals surface area contributed by atoms with Gasteiger partial charge in [0.1, 0.15) is 23.1 Å². The molecule has 1 aliphatic carbocycles. The topological polar surface area (TPSA) is 146 Å². The second-order valence-electron chi connectivity index (χ2n) is 12.5. The predicted octanol–water partition coefficient (Wildman–Crippen LogP) is 3.89. The lowest BCUT2D eigenvalue weighted by atomic mass is 9.90. The van der Waals surface area contributed by atoms with Gasteiger partial charge in [0, 0.05) is 55.7 Å². The summed E-state index contributed by atoms with van der Waals surface area (Å²) in [6.07, 6.45) is 10.3. The summed E-state index contributed by atoms with van der Waals surface area (Å²) in [6.45, 7) is 3.37. The number of aromatic nitrogens is 5. The number of hydrogen-bond donors (Lipinski definition) is 2. The first-order chi connectivity index (χ1) is 23.0. The Labute approximate surface area is 273 Å². The van der Waals surface area contributed by atoms with E-state index in [0.717, 1.165) is 42.4 Å². The maximum absolute atomic E-state index is 13.7. The Bertz CT molecular complexity index is 1730. The minimum absolute atomic E-state index is 0.0350. The lowest BCUT2D eigenvalue weighted by Crippen LogP contribution is -2.63. The third-order valence-electron chi connectivity index (χ3n) is 9.10. The van der Waals surface area contributed by atoms with Crippen molar-refractivity contribution in [2.45, 2.75) is 49.9 Å². The minimum Gasteiger partial charge on any atom is -0.375 e. The van der Waals surface area contributed by atoms with Gasteiger partial charge in [-0.2, -0.15) is 15.3 Å². The second kappa shape index (κ2) is 13.4. The monoisotopic (exact) mass is 634 g/mol. The molecule has 2 amide bonds. The van der Waals surface area contributed by atoms with Crippen molar-refractivity contribution in [1.29, 1.82) is 5.26 Å². The van der Waals surface area contributed by atoms with Crippen LogP contribution in [0.3, 0.4) is 0 Å². The Balaban J connectivity index is 1.04. The molecule has 2 saturated heterocycles. The number of aryl methyl sites for hydroxylation is 1. The molecule has 13 nitrogen and oxygen atoms in total. The van der Waals surface area contributed by atoms with Crippen molar-refractivity contribution in [2.24, 2.45) is 7.05 Å². The number of anilines is 3. The van der Waals surface area contributed by atoms with Gasteiger partial charge in [-0.25, -0.2) is 14.8 Å². The van der Waals surface area contributed by atoms with Gasteiger partial charge in [-0.3, -0.25) is 9.58 Å². The van der Waals surface area contributed by atoms with Crippen molar-refractivity contribution in [3.8, 4) is 17.2 Å². The normalized spacial score (nSPS) is 20.2. The van der Waals surface area contributed by atoms with E-state index in [1.54, 1.807) is 28.2 Å². The molecule has 1 aromatic carbocycles. The van der Waals surface area contributed by atoms with Gasteiger partial charge in [0.2, 0.25) is 5.95 Å². The summed E-state index contributed by atoms with van der Waals surface area (Å²) in [4.78, 5) is 31.7. The van der Waals surface area contributed by atoms with E-state index >= 15 is 0 Å². The van der Waals surface area contributed by atoms with E-state index in [1.165, 1.54) is 0 Å². The first-order valence-electron chi connectivity index (χ1n) is 16.0. The summed E-state index contributed by atoms with van der Waals surface area (Å²) in [5, 5.41) is 20.7. The van der Waals surface area contributed by atoms with Crippen LogP contribution in [0.25, 0.3) is 11.1 Å². The van der Waals surface area contributed by atoms with E-state index in [2.05, 4.69) is 31.7 Å². The van der Waals surface area contributed by atoms with Gasteiger partial charge in [0.15, 0.2) is 5.82 Å². The van der Waals surface area contributed by atoms with Gasteiger partial charge < -0.3 is 25.0 Å².